The Bertz CT molecular complexity index is 1990. The first-order valence-corrected chi connectivity index (χ1v) is 21.7. The minimum Gasteiger partial charge on any atom is -0.461 e. The standard InChI is InChI=1S/C37H50N8O7S4/c1-12-51-35(49)24-16-56-34(42-24)27(19(6)7)45-30(48)23-15-55-33(41-23)26(18(4)5)44-29(47)22-14-54-32(40-22)25(17(2)3)43-28(46)21-13-53-31(39-21)20(8)38-36(50)52-37(9,10)11/h13-20,25-27H,12H2,1-11H3,(H,38,50)(H,43,46)(H,44,47)(H,45,48)/t20-,25-,26-,27-/m0/s1. The number of rotatable bonds is 16. The summed E-state index contributed by atoms with van der Waals surface area (Å²) in [6.07, 6.45) is -0.578. The lowest BCUT2D eigenvalue weighted by Crippen LogP contribution is -2.34. The van der Waals surface area contributed by atoms with Crippen molar-refractivity contribution in [2.75, 3.05) is 6.61 Å². The van der Waals surface area contributed by atoms with Crippen LogP contribution in [0.2, 0.25) is 0 Å². The number of nitrogens with zero attached hydrogens (tertiary/aromatic N) is 4. The number of ether oxygens (including phenoxy) is 2. The normalized spacial score (nSPS) is 13.9. The number of aromatic nitrogens is 4. The first kappa shape index (κ1) is 44.4. The molecule has 56 heavy (non-hydrogen) atoms. The van der Waals surface area contributed by atoms with Crippen LogP contribution in [0.25, 0.3) is 0 Å². The molecule has 0 spiro atoms. The molecular formula is C37H50N8O7S4. The van der Waals surface area contributed by atoms with E-state index in [1.54, 1.807) is 56.1 Å². The summed E-state index contributed by atoms with van der Waals surface area (Å²) < 4.78 is 10.4. The third kappa shape index (κ3) is 11.8. The predicted octanol–water partition coefficient (Wildman–Crippen LogP) is 7.66. The Morgan fingerprint density at radius 1 is 0.571 bits per heavy atom. The van der Waals surface area contributed by atoms with Gasteiger partial charge < -0.3 is 30.7 Å². The van der Waals surface area contributed by atoms with Crippen molar-refractivity contribution in [2.45, 2.75) is 106 Å². The summed E-state index contributed by atoms with van der Waals surface area (Å²) in [5, 5.41) is 20.5. The van der Waals surface area contributed by atoms with E-state index in [-0.39, 0.29) is 47.1 Å². The summed E-state index contributed by atoms with van der Waals surface area (Å²) in [4.78, 5) is 82.7. The van der Waals surface area contributed by atoms with Crippen LogP contribution < -0.4 is 21.3 Å². The van der Waals surface area contributed by atoms with Gasteiger partial charge in [0.2, 0.25) is 0 Å². The molecule has 4 amide bonds. The fraction of sp³-hybridized carbons (Fsp3) is 0.541. The second kappa shape index (κ2) is 19.2. The van der Waals surface area contributed by atoms with Gasteiger partial charge in [0.05, 0.1) is 30.8 Å². The van der Waals surface area contributed by atoms with E-state index in [9.17, 15) is 24.0 Å². The largest absolute Gasteiger partial charge is 0.461 e. The van der Waals surface area contributed by atoms with E-state index in [0.29, 0.717) is 20.0 Å². The number of carbonyl (C=O) groups excluding carboxylic acids is 5. The molecule has 4 heterocycles. The Morgan fingerprint density at radius 3 is 1.27 bits per heavy atom. The van der Waals surface area contributed by atoms with Crippen molar-refractivity contribution >= 4 is 75.1 Å². The van der Waals surface area contributed by atoms with E-state index in [1.807, 2.05) is 41.5 Å². The Balaban J connectivity index is 1.41. The molecule has 4 N–H and O–H groups in total. The number of nitrogens with one attached hydrogen (secondary N) is 4. The van der Waals surface area contributed by atoms with Gasteiger partial charge in [-0.3, -0.25) is 14.4 Å². The number of hydrogen-bond donors (Lipinski definition) is 4. The molecule has 0 aliphatic heterocycles. The van der Waals surface area contributed by atoms with Gasteiger partial charge in [-0.1, -0.05) is 41.5 Å². The van der Waals surface area contributed by atoms with Crippen LogP contribution in [-0.2, 0) is 9.47 Å². The van der Waals surface area contributed by atoms with Crippen molar-refractivity contribution in [2.24, 2.45) is 17.8 Å². The maximum atomic E-state index is 13.6. The molecule has 4 aromatic heterocycles. The highest BCUT2D eigenvalue weighted by Crippen LogP contribution is 2.30. The second-order valence-electron chi connectivity index (χ2n) is 15.0. The van der Waals surface area contributed by atoms with Gasteiger partial charge >= 0.3 is 12.1 Å². The highest BCUT2D eigenvalue weighted by atomic mass is 32.1. The van der Waals surface area contributed by atoms with Crippen LogP contribution in [0.3, 0.4) is 0 Å². The lowest BCUT2D eigenvalue weighted by Gasteiger charge is -2.21. The van der Waals surface area contributed by atoms with E-state index in [2.05, 4.69) is 41.2 Å². The average Bonchev–Trinajstić information content (AvgIpc) is 3.94. The maximum absolute atomic E-state index is 13.6. The zero-order chi connectivity index (χ0) is 41.5. The van der Waals surface area contributed by atoms with Crippen molar-refractivity contribution in [3.63, 3.8) is 0 Å². The Morgan fingerprint density at radius 2 is 0.911 bits per heavy atom. The summed E-state index contributed by atoms with van der Waals surface area (Å²) in [6.45, 7) is 20.7. The van der Waals surface area contributed by atoms with Crippen molar-refractivity contribution in [3.8, 4) is 0 Å². The van der Waals surface area contributed by atoms with Crippen molar-refractivity contribution < 1.29 is 33.4 Å². The Labute approximate surface area is 342 Å². The molecule has 0 aromatic carbocycles. The van der Waals surface area contributed by atoms with E-state index < -0.39 is 59.6 Å². The second-order valence-corrected chi connectivity index (χ2v) is 18.5. The van der Waals surface area contributed by atoms with Gasteiger partial charge in [-0.15, -0.1) is 45.3 Å². The molecule has 0 radical (unpaired) electrons. The van der Waals surface area contributed by atoms with Crippen LogP contribution >= 0.6 is 45.3 Å². The molecule has 4 atom stereocenters. The highest BCUT2D eigenvalue weighted by molar-refractivity contribution is 7.10. The highest BCUT2D eigenvalue weighted by Gasteiger charge is 2.30. The minimum atomic E-state index is -0.649. The summed E-state index contributed by atoms with van der Waals surface area (Å²) in [7, 11) is 0. The number of alkyl carbamates (subject to hydrolysis) is 1. The van der Waals surface area contributed by atoms with Crippen LogP contribution in [0.1, 0.15) is 162 Å². The molecule has 0 saturated heterocycles. The van der Waals surface area contributed by atoms with Gasteiger partial charge in [-0.25, -0.2) is 29.5 Å². The van der Waals surface area contributed by atoms with E-state index in [1.165, 1.54) is 45.3 Å². The minimum absolute atomic E-state index is 0.0312. The molecule has 4 rings (SSSR count). The summed E-state index contributed by atoms with van der Waals surface area (Å²) in [5.74, 6) is -1.92. The maximum Gasteiger partial charge on any atom is 0.408 e. The van der Waals surface area contributed by atoms with E-state index in [0.717, 1.165) is 0 Å². The quantitative estimate of drug-likeness (QED) is 0.0807. The number of esters is 1. The number of thiazole rings is 4. The zero-order valence-corrected chi connectivity index (χ0v) is 36.6. The van der Waals surface area contributed by atoms with Crippen molar-refractivity contribution in [1.82, 2.24) is 41.2 Å². The van der Waals surface area contributed by atoms with Crippen molar-refractivity contribution in [3.05, 3.63) is 64.3 Å². The lowest BCUT2D eigenvalue weighted by atomic mass is 10.0. The lowest BCUT2D eigenvalue weighted by molar-refractivity contribution is 0.0501. The number of hydrogen-bond acceptors (Lipinski definition) is 15. The summed E-state index contributed by atoms with van der Waals surface area (Å²) in [5.41, 5.74) is 0.134. The smallest absolute Gasteiger partial charge is 0.408 e. The van der Waals surface area contributed by atoms with Crippen molar-refractivity contribution in [1.29, 1.82) is 0 Å². The molecule has 4 aromatic rings. The van der Waals surface area contributed by atoms with Crippen LogP contribution in [0.5, 0.6) is 0 Å². The third-order valence-corrected chi connectivity index (χ3v) is 11.8. The Kier molecular flexibility index (Phi) is 15.2. The first-order chi connectivity index (χ1) is 26.3. The fourth-order valence-corrected chi connectivity index (χ4v) is 8.98. The predicted molar refractivity (Wildman–Crippen MR) is 217 cm³/mol. The van der Waals surface area contributed by atoms with Crippen LogP contribution in [0.15, 0.2) is 21.5 Å². The molecular weight excluding hydrogens is 797 g/mol. The molecule has 0 aliphatic rings. The van der Waals surface area contributed by atoms with Gasteiger partial charge in [0, 0.05) is 21.5 Å². The number of carbonyl (C=O) groups is 5. The van der Waals surface area contributed by atoms with E-state index in [4.69, 9.17) is 9.47 Å². The molecule has 0 saturated carbocycles. The SMILES string of the molecule is CCOC(=O)c1csc([C@@H](NC(=O)c2csc([C@@H](NC(=O)c3csc([C@@H](NC(=O)c4csc([C@H](C)NC(=O)OC(C)(C)C)n4)C(C)C)n3)C(C)C)n2)C(C)C)n1. The summed E-state index contributed by atoms with van der Waals surface area (Å²) in [6, 6.07) is -1.96. The topological polar surface area (TPSA) is 203 Å². The fourth-order valence-electron chi connectivity index (χ4n) is 5.12. The molecule has 19 heteroatoms. The molecule has 0 fully saturated rings. The van der Waals surface area contributed by atoms with Gasteiger partial charge in [-0.05, 0) is 52.4 Å². The average molecular weight is 847 g/mol. The van der Waals surface area contributed by atoms with Crippen LogP contribution in [0.4, 0.5) is 4.79 Å². The van der Waals surface area contributed by atoms with E-state index >= 15 is 0 Å². The first-order valence-electron chi connectivity index (χ1n) is 18.2. The van der Waals surface area contributed by atoms with Gasteiger partial charge in [0.1, 0.15) is 42.7 Å². The van der Waals surface area contributed by atoms with Crippen LogP contribution in [-0.4, -0.2) is 61.9 Å². The molecule has 0 bridgehead atoms. The Hall–Kier alpha value is -4.33. The monoisotopic (exact) mass is 846 g/mol. The molecule has 0 unspecified atom stereocenters. The number of amides is 4. The summed E-state index contributed by atoms with van der Waals surface area (Å²) >= 11 is 5.05. The third-order valence-electron chi connectivity index (χ3n) is 8.03. The zero-order valence-electron chi connectivity index (χ0n) is 33.3. The molecule has 15 nitrogen and oxygen atoms in total. The molecule has 0 aliphatic carbocycles. The van der Waals surface area contributed by atoms with Gasteiger partial charge in [0.25, 0.3) is 17.7 Å². The molecule has 304 valence electrons. The van der Waals surface area contributed by atoms with Gasteiger partial charge in [-0.2, -0.15) is 0 Å². The van der Waals surface area contributed by atoms with Gasteiger partial charge in [0.15, 0.2) is 5.69 Å². The van der Waals surface area contributed by atoms with Crippen LogP contribution in [0, 0.1) is 17.8 Å².